The van der Waals surface area contributed by atoms with Crippen molar-refractivity contribution >= 4 is 36.5 Å². The Hall–Kier alpha value is -1.25. The number of nitrogens with zero attached hydrogens (tertiary/aromatic N) is 3. The van der Waals surface area contributed by atoms with Crippen LogP contribution >= 0.6 is 24.8 Å². The van der Waals surface area contributed by atoms with Crippen molar-refractivity contribution in [1.82, 2.24) is 15.2 Å². The maximum atomic E-state index is 13.0. The fourth-order valence-corrected chi connectivity index (χ4v) is 3.21. The summed E-state index contributed by atoms with van der Waals surface area (Å²) in [4.78, 5) is 20.3. The Morgan fingerprint density at radius 3 is 2.36 bits per heavy atom. The van der Waals surface area contributed by atoms with E-state index in [1.807, 2.05) is 23.1 Å². The minimum absolute atomic E-state index is 0. The summed E-state index contributed by atoms with van der Waals surface area (Å²) >= 11 is 0. The maximum absolute atomic E-state index is 13.0. The van der Waals surface area contributed by atoms with Crippen LogP contribution in [0.3, 0.4) is 0 Å². The van der Waals surface area contributed by atoms with Crippen molar-refractivity contribution in [2.24, 2.45) is 11.8 Å². The number of pyridine rings is 1. The van der Waals surface area contributed by atoms with Crippen LogP contribution in [-0.2, 0) is 4.79 Å². The summed E-state index contributed by atoms with van der Waals surface area (Å²) in [5.74, 6) is -2.14. The highest BCUT2D eigenvalue weighted by Gasteiger charge is 2.50. The molecule has 0 spiro atoms. The van der Waals surface area contributed by atoms with E-state index in [-0.39, 0.29) is 37.9 Å². The van der Waals surface area contributed by atoms with Crippen LogP contribution in [0.5, 0.6) is 0 Å². The molecule has 1 aromatic heterocycles. The van der Waals surface area contributed by atoms with Crippen LogP contribution < -0.4 is 10.2 Å². The maximum Gasteiger partial charge on any atom is 0.393 e. The van der Waals surface area contributed by atoms with Gasteiger partial charge in [-0.1, -0.05) is 6.07 Å². The number of anilines is 1. The molecule has 2 aliphatic heterocycles. The molecule has 2 atom stereocenters. The first-order chi connectivity index (χ1) is 11.0. The zero-order chi connectivity index (χ0) is 16.4. The molecule has 0 bridgehead atoms. The topological polar surface area (TPSA) is 48.5 Å². The van der Waals surface area contributed by atoms with E-state index in [1.165, 1.54) is 0 Å². The molecule has 2 fully saturated rings. The van der Waals surface area contributed by atoms with Crippen molar-refractivity contribution in [3.63, 3.8) is 0 Å². The minimum Gasteiger partial charge on any atom is -0.353 e. The Bertz CT molecular complexity index is 553. The Labute approximate surface area is 156 Å². The first-order valence-electron chi connectivity index (χ1n) is 7.69. The van der Waals surface area contributed by atoms with E-state index in [2.05, 4.69) is 10.3 Å². The number of carbonyl (C=O) groups is 1. The zero-order valence-corrected chi connectivity index (χ0v) is 15.0. The fraction of sp³-hybridized carbons (Fsp3) is 0.600. The molecule has 1 amide bonds. The number of hydrogen-bond acceptors (Lipinski definition) is 4. The molecule has 0 saturated carbocycles. The number of aromatic nitrogens is 1. The molecule has 1 aromatic rings. The molecule has 1 N–H and O–H groups in total. The highest BCUT2D eigenvalue weighted by atomic mass is 35.5. The van der Waals surface area contributed by atoms with Gasteiger partial charge in [0.15, 0.2) is 0 Å². The van der Waals surface area contributed by atoms with E-state index in [4.69, 9.17) is 0 Å². The first kappa shape index (κ1) is 21.8. The molecule has 0 aliphatic carbocycles. The number of alkyl halides is 3. The van der Waals surface area contributed by atoms with E-state index < -0.39 is 23.9 Å². The zero-order valence-electron chi connectivity index (χ0n) is 13.4. The lowest BCUT2D eigenvalue weighted by molar-refractivity contribution is -0.185. The number of rotatable bonds is 2. The van der Waals surface area contributed by atoms with E-state index in [9.17, 15) is 18.0 Å². The molecular formula is C15H21Cl2F3N4O. The van der Waals surface area contributed by atoms with Crippen LogP contribution in [0.2, 0.25) is 0 Å². The second kappa shape index (κ2) is 8.91. The molecule has 3 rings (SSSR count). The summed E-state index contributed by atoms with van der Waals surface area (Å²) in [6.07, 6.45) is -2.63. The number of amides is 1. The summed E-state index contributed by atoms with van der Waals surface area (Å²) in [6, 6.07) is 5.60. The van der Waals surface area contributed by atoms with Gasteiger partial charge >= 0.3 is 6.18 Å². The Morgan fingerprint density at radius 1 is 1.12 bits per heavy atom. The average molecular weight is 401 g/mol. The van der Waals surface area contributed by atoms with Gasteiger partial charge in [0.25, 0.3) is 0 Å². The molecule has 142 valence electrons. The minimum atomic E-state index is -4.33. The molecule has 5 nitrogen and oxygen atoms in total. The third kappa shape index (κ3) is 4.89. The lowest BCUT2D eigenvalue weighted by Gasteiger charge is -2.37. The van der Waals surface area contributed by atoms with E-state index in [1.54, 1.807) is 11.1 Å². The SMILES string of the molecule is Cl.Cl.O=C([C@@H]1CNC[C@H]1C(F)(F)F)N1CCN(c2ccccn2)CC1. The number of piperazine rings is 1. The predicted molar refractivity (Wildman–Crippen MR) is 93.4 cm³/mol. The van der Waals surface area contributed by atoms with Gasteiger partial charge in [0, 0.05) is 45.5 Å². The van der Waals surface area contributed by atoms with E-state index in [0.717, 1.165) is 5.82 Å². The van der Waals surface area contributed by atoms with Gasteiger partial charge in [-0.15, -0.1) is 24.8 Å². The highest BCUT2D eigenvalue weighted by molar-refractivity contribution is 5.85. The highest BCUT2D eigenvalue weighted by Crippen LogP contribution is 2.35. The lowest BCUT2D eigenvalue weighted by atomic mass is 9.93. The van der Waals surface area contributed by atoms with Gasteiger partial charge in [0.2, 0.25) is 5.91 Å². The Morgan fingerprint density at radius 2 is 1.80 bits per heavy atom. The molecule has 0 unspecified atom stereocenters. The molecule has 2 aliphatic rings. The van der Waals surface area contributed by atoms with Crippen molar-refractivity contribution in [1.29, 1.82) is 0 Å². The van der Waals surface area contributed by atoms with Crippen molar-refractivity contribution in [2.45, 2.75) is 6.18 Å². The van der Waals surface area contributed by atoms with Crippen LogP contribution in [0.25, 0.3) is 0 Å². The van der Waals surface area contributed by atoms with Crippen molar-refractivity contribution < 1.29 is 18.0 Å². The molecule has 25 heavy (non-hydrogen) atoms. The molecule has 10 heteroatoms. The smallest absolute Gasteiger partial charge is 0.353 e. The number of nitrogens with one attached hydrogen (secondary N) is 1. The van der Waals surface area contributed by atoms with Crippen molar-refractivity contribution in [3.8, 4) is 0 Å². The summed E-state index contributed by atoms with van der Waals surface area (Å²) in [7, 11) is 0. The van der Waals surface area contributed by atoms with Gasteiger partial charge in [-0.3, -0.25) is 4.79 Å². The summed E-state index contributed by atoms with van der Waals surface area (Å²) in [5.41, 5.74) is 0. The Kier molecular flexibility index (Phi) is 7.77. The van der Waals surface area contributed by atoms with Crippen LogP contribution in [0.1, 0.15) is 0 Å². The van der Waals surface area contributed by atoms with Gasteiger partial charge < -0.3 is 15.1 Å². The monoisotopic (exact) mass is 400 g/mol. The molecular weight excluding hydrogens is 380 g/mol. The summed E-state index contributed by atoms with van der Waals surface area (Å²) < 4.78 is 39.0. The van der Waals surface area contributed by atoms with Crippen LogP contribution in [-0.4, -0.2) is 61.2 Å². The van der Waals surface area contributed by atoms with E-state index in [0.29, 0.717) is 26.2 Å². The van der Waals surface area contributed by atoms with Gasteiger partial charge in [0.1, 0.15) is 5.82 Å². The fourth-order valence-electron chi connectivity index (χ4n) is 3.21. The number of halogens is 5. The third-order valence-corrected chi connectivity index (χ3v) is 4.52. The predicted octanol–water partition coefficient (Wildman–Crippen LogP) is 1.97. The summed E-state index contributed by atoms with van der Waals surface area (Å²) in [6.45, 7) is 1.95. The summed E-state index contributed by atoms with van der Waals surface area (Å²) in [5, 5.41) is 2.70. The van der Waals surface area contributed by atoms with Crippen LogP contribution in [0, 0.1) is 11.8 Å². The van der Waals surface area contributed by atoms with Gasteiger partial charge in [-0.25, -0.2) is 4.98 Å². The quantitative estimate of drug-likeness (QED) is 0.824. The second-order valence-corrected chi connectivity index (χ2v) is 5.91. The van der Waals surface area contributed by atoms with Crippen molar-refractivity contribution in [2.75, 3.05) is 44.2 Å². The normalized spacial score (nSPS) is 23.6. The second-order valence-electron chi connectivity index (χ2n) is 5.91. The standard InChI is InChI=1S/C15H19F3N4O.2ClH/c16-15(17,18)12-10-19-9-11(12)14(23)22-7-5-21(6-8-22)13-3-1-2-4-20-13;;/h1-4,11-12,19H,5-10H2;2*1H/t11-,12-;;/m1../s1. The lowest BCUT2D eigenvalue weighted by Crippen LogP contribution is -2.52. The van der Waals surface area contributed by atoms with Gasteiger partial charge in [-0.05, 0) is 12.1 Å². The Balaban J connectivity index is 0.00000156. The molecule has 0 radical (unpaired) electrons. The average Bonchev–Trinajstić information content (AvgIpc) is 3.05. The molecule has 3 heterocycles. The number of carbonyl (C=O) groups excluding carboxylic acids is 1. The first-order valence-corrected chi connectivity index (χ1v) is 7.69. The van der Waals surface area contributed by atoms with Gasteiger partial charge in [-0.2, -0.15) is 13.2 Å². The number of hydrogen-bond donors (Lipinski definition) is 1. The van der Waals surface area contributed by atoms with Crippen LogP contribution in [0.15, 0.2) is 24.4 Å². The third-order valence-electron chi connectivity index (χ3n) is 4.52. The molecule has 2 saturated heterocycles. The van der Waals surface area contributed by atoms with Crippen molar-refractivity contribution in [3.05, 3.63) is 24.4 Å². The van der Waals surface area contributed by atoms with Crippen LogP contribution in [0.4, 0.5) is 19.0 Å². The largest absolute Gasteiger partial charge is 0.393 e. The van der Waals surface area contributed by atoms with E-state index >= 15 is 0 Å². The van der Waals surface area contributed by atoms with Gasteiger partial charge in [0.05, 0.1) is 11.8 Å². The molecule has 0 aromatic carbocycles.